The molecule has 0 bridgehead atoms. The molecule has 6 heteroatoms. The number of hydrogen-bond acceptors (Lipinski definition) is 5. The molecule has 0 aliphatic carbocycles. The molecule has 1 rings (SSSR count). The van der Waals surface area contributed by atoms with Crippen molar-refractivity contribution in [3.63, 3.8) is 0 Å². The van der Waals surface area contributed by atoms with Gasteiger partial charge in [0, 0.05) is 13.8 Å². The van der Waals surface area contributed by atoms with Crippen molar-refractivity contribution in [1.82, 2.24) is 0 Å². The Morgan fingerprint density at radius 1 is 1.22 bits per heavy atom. The van der Waals surface area contributed by atoms with Crippen molar-refractivity contribution in [1.29, 1.82) is 0 Å². The summed E-state index contributed by atoms with van der Waals surface area (Å²) < 4.78 is 9.89. The fraction of sp³-hybridized carbons (Fsp3) is 0.333. The number of carbonyl (C=O) groups excluding carboxylic acids is 1. The van der Waals surface area contributed by atoms with Crippen LogP contribution in [0.15, 0.2) is 18.2 Å². The van der Waals surface area contributed by atoms with Crippen LogP contribution in [0.1, 0.15) is 19.4 Å². The van der Waals surface area contributed by atoms with Crippen molar-refractivity contribution in [2.45, 2.75) is 20.5 Å². The highest BCUT2D eigenvalue weighted by Gasteiger charge is 2.07. The Kier molecular flexibility index (Phi) is 7.14. The molecule has 0 aromatic heterocycles. The molecule has 100 valence electrons. The molecule has 0 saturated heterocycles. The second kappa shape index (κ2) is 8.08. The lowest BCUT2D eigenvalue weighted by Crippen LogP contribution is -2.03. The van der Waals surface area contributed by atoms with E-state index in [4.69, 9.17) is 24.5 Å². The zero-order valence-electron chi connectivity index (χ0n) is 10.5. The molecule has 0 atom stereocenters. The molecule has 0 unspecified atom stereocenters. The number of hydrogen-bond donors (Lipinski definition) is 2. The predicted molar refractivity (Wildman–Crippen MR) is 63.5 cm³/mol. The molecule has 1 aromatic rings. The van der Waals surface area contributed by atoms with Gasteiger partial charge in [0.15, 0.2) is 11.5 Å². The molecule has 1 aromatic carbocycles. The standard InChI is InChI=1S/C10H12O4.C2H4O2/c1-7(12)14-9-4-3-8(6-11)5-10(9)13-2;1-2(3)4/h3-5,11H,6H2,1-2H3;1H3,(H,3,4). The number of esters is 1. The van der Waals surface area contributed by atoms with Crippen molar-refractivity contribution in [3.8, 4) is 11.5 Å². The smallest absolute Gasteiger partial charge is 0.308 e. The summed E-state index contributed by atoms with van der Waals surface area (Å²) in [5, 5.41) is 16.3. The minimum atomic E-state index is -0.833. The van der Waals surface area contributed by atoms with Crippen molar-refractivity contribution < 1.29 is 29.3 Å². The molecule has 0 saturated carbocycles. The maximum absolute atomic E-state index is 10.7. The Labute approximate surface area is 105 Å². The minimum absolute atomic E-state index is 0.0727. The summed E-state index contributed by atoms with van der Waals surface area (Å²) in [5.74, 6) is -0.441. The Bertz CT molecular complexity index is 409. The first kappa shape index (κ1) is 15.9. The maximum atomic E-state index is 10.7. The van der Waals surface area contributed by atoms with Crippen molar-refractivity contribution in [2.24, 2.45) is 0 Å². The molecule has 0 aliphatic rings. The highest BCUT2D eigenvalue weighted by molar-refractivity contribution is 5.70. The van der Waals surface area contributed by atoms with E-state index in [0.717, 1.165) is 6.92 Å². The normalized spacial score (nSPS) is 8.89. The Morgan fingerprint density at radius 3 is 2.17 bits per heavy atom. The lowest BCUT2D eigenvalue weighted by atomic mass is 10.2. The van der Waals surface area contributed by atoms with Crippen LogP contribution in [0.25, 0.3) is 0 Å². The number of carboxylic acid groups (broad SMARTS) is 1. The zero-order valence-corrected chi connectivity index (χ0v) is 10.5. The first-order valence-corrected chi connectivity index (χ1v) is 5.06. The number of carbonyl (C=O) groups is 2. The summed E-state index contributed by atoms with van der Waals surface area (Å²) in [7, 11) is 1.48. The van der Waals surface area contributed by atoms with E-state index in [9.17, 15) is 4.79 Å². The second-order valence-corrected chi connectivity index (χ2v) is 3.26. The molecule has 0 amide bonds. The van der Waals surface area contributed by atoms with Gasteiger partial charge in [-0.25, -0.2) is 0 Å². The number of carboxylic acids is 1. The van der Waals surface area contributed by atoms with Gasteiger partial charge in [0.2, 0.25) is 0 Å². The summed E-state index contributed by atoms with van der Waals surface area (Å²) in [6, 6.07) is 4.88. The lowest BCUT2D eigenvalue weighted by Gasteiger charge is -2.08. The highest BCUT2D eigenvalue weighted by atomic mass is 16.6. The molecule has 0 fully saturated rings. The molecule has 0 heterocycles. The summed E-state index contributed by atoms with van der Waals surface area (Å²) in [4.78, 5) is 19.7. The van der Waals surface area contributed by atoms with E-state index < -0.39 is 11.9 Å². The van der Waals surface area contributed by atoms with Crippen LogP contribution in [0, 0.1) is 0 Å². The van der Waals surface area contributed by atoms with E-state index in [1.165, 1.54) is 14.0 Å². The van der Waals surface area contributed by atoms with E-state index in [-0.39, 0.29) is 6.61 Å². The van der Waals surface area contributed by atoms with Crippen LogP contribution >= 0.6 is 0 Å². The second-order valence-electron chi connectivity index (χ2n) is 3.26. The van der Waals surface area contributed by atoms with E-state index in [0.29, 0.717) is 17.1 Å². The molecule has 18 heavy (non-hydrogen) atoms. The summed E-state index contributed by atoms with van der Waals surface area (Å²) in [6.07, 6.45) is 0. The van der Waals surface area contributed by atoms with Gasteiger partial charge in [-0.1, -0.05) is 6.07 Å². The van der Waals surface area contributed by atoms with Crippen LogP contribution in [-0.4, -0.2) is 29.3 Å². The van der Waals surface area contributed by atoms with Gasteiger partial charge in [-0.15, -0.1) is 0 Å². The third-order valence-electron chi connectivity index (χ3n) is 1.66. The quantitative estimate of drug-likeness (QED) is 0.623. The number of rotatable bonds is 3. The Balaban J connectivity index is 0.000000631. The van der Waals surface area contributed by atoms with Crippen LogP contribution in [0.5, 0.6) is 11.5 Å². The van der Waals surface area contributed by atoms with Crippen LogP contribution in [0.2, 0.25) is 0 Å². The lowest BCUT2D eigenvalue weighted by molar-refractivity contribution is -0.134. The van der Waals surface area contributed by atoms with E-state index >= 15 is 0 Å². The monoisotopic (exact) mass is 256 g/mol. The van der Waals surface area contributed by atoms with Gasteiger partial charge >= 0.3 is 5.97 Å². The highest BCUT2D eigenvalue weighted by Crippen LogP contribution is 2.28. The van der Waals surface area contributed by atoms with Crippen molar-refractivity contribution >= 4 is 11.9 Å². The third-order valence-corrected chi connectivity index (χ3v) is 1.66. The van der Waals surface area contributed by atoms with Gasteiger partial charge in [0.25, 0.3) is 5.97 Å². The van der Waals surface area contributed by atoms with E-state index in [2.05, 4.69) is 0 Å². The average Bonchev–Trinajstić information content (AvgIpc) is 2.28. The molecule has 0 aliphatic heterocycles. The summed E-state index contributed by atoms with van der Waals surface area (Å²) in [5.41, 5.74) is 0.706. The fourth-order valence-corrected chi connectivity index (χ4v) is 1.05. The van der Waals surface area contributed by atoms with Crippen LogP contribution < -0.4 is 9.47 Å². The summed E-state index contributed by atoms with van der Waals surface area (Å²) >= 11 is 0. The largest absolute Gasteiger partial charge is 0.493 e. The number of aliphatic hydroxyl groups excluding tert-OH is 1. The van der Waals surface area contributed by atoms with Crippen LogP contribution in [0.4, 0.5) is 0 Å². The van der Waals surface area contributed by atoms with Crippen LogP contribution in [0.3, 0.4) is 0 Å². The number of methoxy groups -OCH3 is 1. The van der Waals surface area contributed by atoms with Gasteiger partial charge in [0.1, 0.15) is 0 Å². The first-order chi connectivity index (χ1) is 8.40. The predicted octanol–water partition coefficient (Wildman–Crippen LogP) is 1.20. The number of ether oxygens (including phenoxy) is 2. The SMILES string of the molecule is CC(=O)O.COc1cc(CO)ccc1OC(C)=O. The maximum Gasteiger partial charge on any atom is 0.308 e. The number of aliphatic carboxylic acids is 1. The van der Waals surface area contributed by atoms with Gasteiger partial charge < -0.3 is 19.7 Å². The molecule has 0 spiro atoms. The van der Waals surface area contributed by atoms with Gasteiger partial charge in [-0.3, -0.25) is 9.59 Å². The Hall–Kier alpha value is -2.08. The van der Waals surface area contributed by atoms with E-state index in [1.807, 2.05) is 0 Å². The van der Waals surface area contributed by atoms with Gasteiger partial charge in [0.05, 0.1) is 13.7 Å². The molecular formula is C12H16O6. The third kappa shape index (κ3) is 6.49. The van der Waals surface area contributed by atoms with Gasteiger partial charge in [-0.2, -0.15) is 0 Å². The number of benzene rings is 1. The van der Waals surface area contributed by atoms with Crippen molar-refractivity contribution in [3.05, 3.63) is 23.8 Å². The topological polar surface area (TPSA) is 93.1 Å². The minimum Gasteiger partial charge on any atom is -0.493 e. The van der Waals surface area contributed by atoms with E-state index in [1.54, 1.807) is 18.2 Å². The molecular weight excluding hydrogens is 240 g/mol. The molecule has 0 radical (unpaired) electrons. The Morgan fingerprint density at radius 2 is 1.78 bits per heavy atom. The molecule has 6 nitrogen and oxygen atoms in total. The van der Waals surface area contributed by atoms with Gasteiger partial charge in [-0.05, 0) is 17.7 Å². The first-order valence-electron chi connectivity index (χ1n) is 5.06. The van der Waals surface area contributed by atoms with Crippen LogP contribution in [-0.2, 0) is 16.2 Å². The average molecular weight is 256 g/mol. The zero-order chi connectivity index (χ0) is 14.1. The molecule has 2 N–H and O–H groups in total. The summed E-state index contributed by atoms with van der Waals surface area (Å²) in [6.45, 7) is 2.33. The number of aliphatic hydroxyl groups is 1. The van der Waals surface area contributed by atoms with Crippen molar-refractivity contribution in [2.75, 3.05) is 7.11 Å². The fourth-order valence-electron chi connectivity index (χ4n) is 1.05.